The number of carbonyl (C=O) groups is 1. The molecular formula is C15H20ClN5OS. The minimum absolute atomic E-state index is 0. The predicted octanol–water partition coefficient (Wildman–Crippen LogP) is 2.14. The third kappa shape index (κ3) is 3.52. The minimum atomic E-state index is 0. The van der Waals surface area contributed by atoms with Crippen molar-refractivity contribution in [3.8, 4) is 10.8 Å². The van der Waals surface area contributed by atoms with Crippen LogP contribution in [-0.4, -0.2) is 45.4 Å². The van der Waals surface area contributed by atoms with Gasteiger partial charge in [0.15, 0.2) is 10.8 Å². The van der Waals surface area contributed by atoms with Crippen LogP contribution in [0.25, 0.3) is 10.8 Å². The molecule has 0 bridgehead atoms. The molecule has 2 aromatic heterocycles. The van der Waals surface area contributed by atoms with E-state index in [1.807, 2.05) is 11.8 Å². The van der Waals surface area contributed by atoms with Gasteiger partial charge in [-0.15, -0.1) is 23.7 Å². The Balaban J connectivity index is 0.00000192. The van der Waals surface area contributed by atoms with E-state index in [2.05, 4.69) is 21.9 Å². The van der Waals surface area contributed by atoms with Gasteiger partial charge in [-0.25, -0.2) is 15.0 Å². The lowest BCUT2D eigenvalue weighted by Crippen LogP contribution is -2.34. The van der Waals surface area contributed by atoms with Crippen molar-refractivity contribution in [1.29, 1.82) is 0 Å². The van der Waals surface area contributed by atoms with Crippen molar-refractivity contribution in [2.45, 2.75) is 20.3 Å². The molecule has 0 spiro atoms. The third-order valence-corrected chi connectivity index (χ3v) is 5.23. The molecule has 1 saturated heterocycles. The van der Waals surface area contributed by atoms with E-state index in [4.69, 9.17) is 5.73 Å². The topological polar surface area (TPSA) is 85.0 Å². The number of aromatic nitrogens is 3. The fourth-order valence-corrected chi connectivity index (χ4v) is 3.59. The second-order valence-electron chi connectivity index (χ2n) is 6.00. The largest absolute Gasteiger partial charge is 0.337 e. The fraction of sp³-hybridized carbons (Fsp3) is 0.467. The van der Waals surface area contributed by atoms with Crippen LogP contribution in [0.3, 0.4) is 0 Å². The number of aryl methyl sites for hydroxylation is 1. The summed E-state index contributed by atoms with van der Waals surface area (Å²) in [4.78, 5) is 28.1. The van der Waals surface area contributed by atoms with E-state index in [1.165, 1.54) is 11.3 Å². The molecule has 2 aromatic rings. The first-order valence-corrected chi connectivity index (χ1v) is 8.08. The number of nitrogens with zero attached hydrogens (tertiary/aromatic N) is 4. The molecule has 0 radical (unpaired) electrons. The molecule has 0 saturated carbocycles. The summed E-state index contributed by atoms with van der Waals surface area (Å²) in [6, 6.07) is 1.76. The van der Waals surface area contributed by atoms with Gasteiger partial charge in [0.1, 0.15) is 4.88 Å². The SMILES string of the molecule is Cc1nc(-c2ncccn2)sc1C(=O)N1CCC(C)(CN)C1.Cl. The molecule has 2 N–H and O–H groups in total. The Kier molecular flexibility index (Phi) is 5.33. The molecule has 3 rings (SSSR count). The van der Waals surface area contributed by atoms with E-state index in [9.17, 15) is 4.79 Å². The van der Waals surface area contributed by atoms with E-state index in [1.54, 1.807) is 18.5 Å². The van der Waals surface area contributed by atoms with Gasteiger partial charge in [0.2, 0.25) is 0 Å². The van der Waals surface area contributed by atoms with E-state index < -0.39 is 0 Å². The Morgan fingerprint density at radius 3 is 2.74 bits per heavy atom. The fourth-order valence-electron chi connectivity index (χ4n) is 2.61. The van der Waals surface area contributed by atoms with Crippen molar-refractivity contribution in [3.63, 3.8) is 0 Å². The van der Waals surface area contributed by atoms with E-state index >= 15 is 0 Å². The van der Waals surface area contributed by atoms with Crippen molar-refractivity contribution in [2.75, 3.05) is 19.6 Å². The van der Waals surface area contributed by atoms with Gasteiger partial charge in [-0.1, -0.05) is 6.92 Å². The summed E-state index contributed by atoms with van der Waals surface area (Å²) in [7, 11) is 0. The van der Waals surface area contributed by atoms with Crippen LogP contribution < -0.4 is 5.73 Å². The molecule has 8 heteroatoms. The summed E-state index contributed by atoms with van der Waals surface area (Å²) >= 11 is 1.36. The molecule has 1 aliphatic rings. The van der Waals surface area contributed by atoms with Gasteiger partial charge >= 0.3 is 0 Å². The molecule has 0 aliphatic carbocycles. The average molecular weight is 354 g/mol. The molecule has 1 aliphatic heterocycles. The van der Waals surface area contributed by atoms with Crippen LogP contribution in [0.4, 0.5) is 0 Å². The number of carbonyl (C=O) groups excluding carboxylic acids is 1. The van der Waals surface area contributed by atoms with Gasteiger partial charge in [0.05, 0.1) is 5.69 Å². The lowest BCUT2D eigenvalue weighted by atomic mass is 9.90. The molecule has 1 atom stereocenters. The summed E-state index contributed by atoms with van der Waals surface area (Å²) < 4.78 is 0. The monoisotopic (exact) mass is 353 g/mol. The summed E-state index contributed by atoms with van der Waals surface area (Å²) in [5.41, 5.74) is 6.58. The van der Waals surface area contributed by atoms with Crippen molar-refractivity contribution < 1.29 is 4.79 Å². The van der Waals surface area contributed by atoms with Crippen LogP contribution in [-0.2, 0) is 0 Å². The molecule has 3 heterocycles. The summed E-state index contributed by atoms with van der Waals surface area (Å²) in [6.07, 6.45) is 4.29. The van der Waals surface area contributed by atoms with Gasteiger partial charge in [0.25, 0.3) is 5.91 Å². The third-order valence-electron chi connectivity index (χ3n) is 4.09. The van der Waals surface area contributed by atoms with E-state index in [-0.39, 0.29) is 23.7 Å². The Morgan fingerprint density at radius 1 is 1.43 bits per heavy atom. The standard InChI is InChI=1S/C15H19N5OS.ClH/c1-10-11(14(21)20-7-4-15(2,8-16)9-20)22-13(19-10)12-17-5-3-6-18-12;/h3,5-6H,4,7-9,16H2,1-2H3;1H. The number of likely N-dealkylation sites (tertiary alicyclic amines) is 1. The molecule has 6 nitrogen and oxygen atoms in total. The lowest BCUT2D eigenvalue weighted by molar-refractivity contribution is 0.0780. The second-order valence-corrected chi connectivity index (χ2v) is 7.00. The highest BCUT2D eigenvalue weighted by Gasteiger charge is 2.36. The zero-order chi connectivity index (χ0) is 15.7. The lowest BCUT2D eigenvalue weighted by Gasteiger charge is -2.22. The Morgan fingerprint density at radius 2 is 2.13 bits per heavy atom. The summed E-state index contributed by atoms with van der Waals surface area (Å²) in [6.45, 7) is 6.04. The van der Waals surface area contributed by atoms with Crippen LogP contribution in [0.5, 0.6) is 0 Å². The second kappa shape index (κ2) is 6.90. The molecule has 0 aromatic carbocycles. The van der Waals surface area contributed by atoms with E-state index in [0.717, 1.165) is 18.7 Å². The van der Waals surface area contributed by atoms with Crippen LogP contribution in [0.15, 0.2) is 18.5 Å². The molecule has 23 heavy (non-hydrogen) atoms. The molecule has 124 valence electrons. The number of hydrogen-bond acceptors (Lipinski definition) is 6. The van der Waals surface area contributed by atoms with Crippen LogP contribution in [0.1, 0.15) is 28.7 Å². The maximum atomic E-state index is 12.7. The smallest absolute Gasteiger partial charge is 0.265 e. The highest BCUT2D eigenvalue weighted by Crippen LogP contribution is 2.32. The number of hydrogen-bond donors (Lipinski definition) is 1. The zero-order valence-electron chi connectivity index (χ0n) is 13.2. The molecule has 1 unspecified atom stereocenters. The molecular weight excluding hydrogens is 334 g/mol. The van der Waals surface area contributed by atoms with E-state index in [0.29, 0.717) is 28.8 Å². The van der Waals surface area contributed by atoms with Gasteiger partial charge < -0.3 is 10.6 Å². The normalized spacial score (nSPS) is 20.4. The van der Waals surface area contributed by atoms with Gasteiger partial charge in [-0.3, -0.25) is 4.79 Å². The first-order chi connectivity index (χ1) is 10.5. The average Bonchev–Trinajstić information content (AvgIpc) is 3.12. The maximum Gasteiger partial charge on any atom is 0.265 e. The highest BCUT2D eigenvalue weighted by atomic mass is 35.5. The van der Waals surface area contributed by atoms with Crippen molar-refractivity contribution in [2.24, 2.45) is 11.1 Å². The van der Waals surface area contributed by atoms with Crippen LogP contribution in [0, 0.1) is 12.3 Å². The first kappa shape index (κ1) is 17.8. The van der Waals surface area contributed by atoms with Gasteiger partial charge in [-0.2, -0.15) is 0 Å². The highest BCUT2D eigenvalue weighted by molar-refractivity contribution is 7.17. The number of rotatable bonds is 3. The number of thiazole rings is 1. The summed E-state index contributed by atoms with van der Waals surface area (Å²) in [5.74, 6) is 0.595. The Hall–Kier alpha value is -1.57. The van der Waals surface area contributed by atoms with Crippen LogP contribution >= 0.6 is 23.7 Å². The quantitative estimate of drug-likeness (QED) is 0.913. The van der Waals surface area contributed by atoms with Crippen molar-refractivity contribution in [3.05, 3.63) is 29.0 Å². The molecule has 1 amide bonds. The van der Waals surface area contributed by atoms with Gasteiger partial charge in [0, 0.05) is 25.5 Å². The van der Waals surface area contributed by atoms with Crippen molar-refractivity contribution >= 4 is 29.7 Å². The van der Waals surface area contributed by atoms with Gasteiger partial charge in [-0.05, 0) is 31.4 Å². The first-order valence-electron chi connectivity index (χ1n) is 7.26. The number of amides is 1. The Bertz CT molecular complexity index is 692. The van der Waals surface area contributed by atoms with Crippen LogP contribution in [0.2, 0.25) is 0 Å². The number of halogens is 1. The molecule has 1 fully saturated rings. The number of nitrogens with two attached hydrogens (primary N) is 1. The zero-order valence-corrected chi connectivity index (χ0v) is 14.8. The maximum absolute atomic E-state index is 12.7. The van der Waals surface area contributed by atoms with Crippen molar-refractivity contribution in [1.82, 2.24) is 19.9 Å². The summed E-state index contributed by atoms with van der Waals surface area (Å²) in [5, 5.41) is 0.683. The minimum Gasteiger partial charge on any atom is -0.337 e. The Labute approximate surface area is 145 Å². The predicted molar refractivity (Wildman–Crippen MR) is 92.8 cm³/mol.